The number of piperazine rings is 1. The van der Waals surface area contributed by atoms with Gasteiger partial charge in [-0.2, -0.15) is 0 Å². The molecule has 1 saturated heterocycles. The Hall–Kier alpha value is -2.73. The van der Waals surface area contributed by atoms with Gasteiger partial charge in [0.1, 0.15) is 5.75 Å². The van der Waals surface area contributed by atoms with Gasteiger partial charge in [-0.15, -0.1) is 0 Å². The number of Topliss-reactive ketones (excluding diaryl/α,β-unsaturated/α-hetero) is 1. The minimum Gasteiger partial charge on any atom is -0.493 e. The number of carbonyl (C=O) groups excluding carboxylic acids is 1. The zero-order chi connectivity index (χ0) is 23.4. The van der Waals surface area contributed by atoms with Gasteiger partial charge in [0.2, 0.25) is 5.78 Å². The molecule has 0 aliphatic carbocycles. The lowest BCUT2D eigenvalue weighted by Gasteiger charge is -2.42. The van der Waals surface area contributed by atoms with Crippen LogP contribution in [0, 0.1) is 20.8 Å². The number of carbonyl (C=O) groups is 1. The van der Waals surface area contributed by atoms with Gasteiger partial charge in [-0.1, -0.05) is 6.07 Å². The van der Waals surface area contributed by atoms with E-state index >= 15 is 0 Å². The van der Waals surface area contributed by atoms with Crippen molar-refractivity contribution < 1.29 is 19.0 Å². The van der Waals surface area contributed by atoms with Gasteiger partial charge in [0.25, 0.3) is 0 Å². The largest absolute Gasteiger partial charge is 0.493 e. The molecule has 172 valence electrons. The van der Waals surface area contributed by atoms with Gasteiger partial charge >= 0.3 is 0 Å². The number of nitrogens with zero attached hydrogens (tertiary/aromatic N) is 2. The summed E-state index contributed by atoms with van der Waals surface area (Å²) in [5.41, 5.74) is 5.54. The summed E-state index contributed by atoms with van der Waals surface area (Å²) in [6, 6.07) is 6.34. The summed E-state index contributed by atoms with van der Waals surface area (Å²) in [6.07, 6.45) is 0. The molecule has 4 rings (SSSR count). The van der Waals surface area contributed by atoms with Crippen molar-refractivity contribution in [2.75, 3.05) is 45.8 Å². The number of benzene rings is 2. The average Bonchev–Trinajstić information content (AvgIpc) is 3.02. The van der Waals surface area contributed by atoms with Gasteiger partial charge in [0.05, 0.1) is 25.8 Å². The molecule has 0 spiro atoms. The molecule has 2 aliphatic heterocycles. The maximum Gasteiger partial charge on any atom is 0.209 e. The number of methoxy groups -OCH3 is 2. The van der Waals surface area contributed by atoms with E-state index < -0.39 is 5.60 Å². The van der Waals surface area contributed by atoms with Crippen molar-refractivity contribution in [1.29, 1.82) is 0 Å². The molecule has 2 heterocycles. The Bertz CT molecular complexity index is 1080. The molecule has 0 amide bonds. The van der Waals surface area contributed by atoms with Crippen molar-refractivity contribution in [3.05, 3.63) is 46.0 Å². The Kier molecular flexibility index (Phi) is 5.61. The van der Waals surface area contributed by atoms with Crippen molar-refractivity contribution in [3.63, 3.8) is 0 Å². The fourth-order valence-corrected chi connectivity index (χ4v) is 5.08. The second kappa shape index (κ2) is 8.00. The lowest BCUT2D eigenvalue weighted by atomic mass is 9.90. The molecule has 2 aliphatic rings. The third-order valence-corrected chi connectivity index (χ3v) is 7.10. The fraction of sp³-hybridized carbons (Fsp3) is 0.500. The first-order chi connectivity index (χ1) is 15.1. The van der Waals surface area contributed by atoms with E-state index in [0.29, 0.717) is 0 Å². The van der Waals surface area contributed by atoms with E-state index in [1.54, 1.807) is 14.2 Å². The molecular formula is C26H34N2O4. The van der Waals surface area contributed by atoms with E-state index in [9.17, 15) is 4.79 Å². The van der Waals surface area contributed by atoms with E-state index in [1.807, 2.05) is 19.9 Å². The van der Waals surface area contributed by atoms with Crippen molar-refractivity contribution in [3.8, 4) is 17.2 Å². The zero-order valence-corrected chi connectivity index (χ0v) is 20.5. The molecule has 0 bridgehead atoms. The van der Waals surface area contributed by atoms with Crippen LogP contribution in [0.5, 0.6) is 17.2 Å². The maximum atomic E-state index is 13.1. The first-order valence-corrected chi connectivity index (χ1v) is 11.1. The number of ketones is 1. The highest BCUT2D eigenvalue weighted by Gasteiger charge is 2.43. The van der Waals surface area contributed by atoms with Gasteiger partial charge in [0, 0.05) is 25.3 Å². The van der Waals surface area contributed by atoms with Crippen LogP contribution in [0.3, 0.4) is 0 Å². The first kappa shape index (κ1) is 22.5. The lowest BCUT2D eigenvalue weighted by Crippen LogP contribution is -2.47. The molecule has 1 fully saturated rings. The molecule has 1 atom stereocenters. The highest BCUT2D eigenvalue weighted by Crippen LogP contribution is 2.46. The molecular weight excluding hydrogens is 404 g/mol. The Balaban J connectivity index is 1.74. The number of hydrogen-bond donors (Lipinski definition) is 0. The number of anilines is 1. The smallest absolute Gasteiger partial charge is 0.209 e. The molecule has 0 radical (unpaired) electrons. The Morgan fingerprint density at radius 1 is 1.00 bits per heavy atom. The standard InChI is InChI=1S/C26H34N2O4/c1-15-16(2)24-22(25(29)26(4,5)32-24)17(3)23(15)28-12-11-27(6)19(14-28)18-9-10-20(30-7)21(13-18)31-8/h9-10,13,19H,11-12,14H2,1-8H3. The van der Waals surface area contributed by atoms with E-state index in [-0.39, 0.29) is 11.8 Å². The molecule has 2 aromatic carbocycles. The predicted molar refractivity (Wildman–Crippen MR) is 127 cm³/mol. The second-order valence-electron chi connectivity index (χ2n) is 9.43. The van der Waals surface area contributed by atoms with Gasteiger partial charge in [-0.05, 0) is 76.1 Å². The minimum absolute atomic E-state index is 0.0694. The van der Waals surface area contributed by atoms with Crippen LogP contribution >= 0.6 is 0 Å². The highest BCUT2D eigenvalue weighted by atomic mass is 16.5. The molecule has 6 nitrogen and oxygen atoms in total. The van der Waals surface area contributed by atoms with Crippen LogP contribution in [0.25, 0.3) is 0 Å². The summed E-state index contributed by atoms with van der Waals surface area (Å²) in [6.45, 7) is 12.6. The number of ether oxygens (including phenoxy) is 3. The molecule has 0 N–H and O–H groups in total. The first-order valence-electron chi connectivity index (χ1n) is 11.1. The number of likely N-dealkylation sites (N-methyl/N-ethyl adjacent to an activating group) is 1. The van der Waals surface area contributed by atoms with Crippen molar-refractivity contribution in [2.45, 2.75) is 46.3 Å². The van der Waals surface area contributed by atoms with Crippen molar-refractivity contribution in [2.24, 2.45) is 0 Å². The van der Waals surface area contributed by atoms with Gasteiger partial charge in [-0.25, -0.2) is 0 Å². The summed E-state index contributed by atoms with van der Waals surface area (Å²) in [4.78, 5) is 17.9. The Morgan fingerprint density at radius 2 is 1.69 bits per heavy atom. The molecule has 32 heavy (non-hydrogen) atoms. The Morgan fingerprint density at radius 3 is 2.34 bits per heavy atom. The monoisotopic (exact) mass is 438 g/mol. The highest BCUT2D eigenvalue weighted by molar-refractivity contribution is 6.09. The van der Waals surface area contributed by atoms with Crippen LogP contribution in [-0.2, 0) is 0 Å². The summed E-state index contributed by atoms with van der Waals surface area (Å²) in [5, 5.41) is 0. The summed E-state index contributed by atoms with van der Waals surface area (Å²) in [7, 11) is 5.48. The van der Waals surface area contributed by atoms with E-state index in [4.69, 9.17) is 14.2 Å². The Labute approximate surface area is 191 Å². The summed E-state index contributed by atoms with van der Waals surface area (Å²) in [5.74, 6) is 2.29. The molecule has 6 heteroatoms. The molecule has 0 aromatic heterocycles. The maximum absolute atomic E-state index is 13.1. The normalized spacial score (nSPS) is 20.2. The summed E-state index contributed by atoms with van der Waals surface area (Å²) < 4.78 is 17.1. The quantitative estimate of drug-likeness (QED) is 0.702. The van der Waals surface area contributed by atoms with Gasteiger partial charge < -0.3 is 19.1 Å². The van der Waals surface area contributed by atoms with Crippen LogP contribution in [0.4, 0.5) is 5.69 Å². The fourth-order valence-electron chi connectivity index (χ4n) is 5.08. The third kappa shape index (κ3) is 3.41. The SMILES string of the molecule is COc1ccc(C2CN(c3c(C)c(C)c4c(c3C)C(=O)C(C)(C)O4)CCN2C)cc1OC. The van der Waals surface area contributed by atoms with Crippen LogP contribution in [0.15, 0.2) is 18.2 Å². The van der Waals surface area contributed by atoms with Crippen molar-refractivity contribution in [1.82, 2.24) is 4.90 Å². The number of fused-ring (bicyclic) bond motifs is 1. The molecule has 2 aromatic rings. The van der Waals surface area contributed by atoms with Crippen LogP contribution in [0.2, 0.25) is 0 Å². The minimum atomic E-state index is -0.812. The topological polar surface area (TPSA) is 51.2 Å². The average molecular weight is 439 g/mol. The third-order valence-electron chi connectivity index (χ3n) is 7.10. The summed E-state index contributed by atoms with van der Waals surface area (Å²) >= 11 is 0. The van der Waals surface area contributed by atoms with Gasteiger partial charge in [-0.3, -0.25) is 9.69 Å². The number of hydrogen-bond acceptors (Lipinski definition) is 6. The predicted octanol–water partition coefficient (Wildman–Crippen LogP) is 4.48. The number of rotatable bonds is 4. The zero-order valence-electron chi connectivity index (χ0n) is 20.5. The van der Waals surface area contributed by atoms with Crippen LogP contribution in [0.1, 0.15) is 52.5 Å². The van der Waals surface area contributed by atoms with E-state index in [1.165, 1.54) is 11.1 Å². The molecule has 1 unspecified atom stereocenters. The van der Waals surface area contributed by atoms with Gasteiger partial charge in [0.15, 0.2) is 17.1 Å². The second-order valence-corrected chi connectivity index (χ2v) is 9.43. The van der Waals surface area contributed by atoms with Crippen molar-refractivity contribution >= 4 is 11.5 Å². The van der Waals surface area contributed by atoms with E-state index in [0.717, 1.165) is 59.3 Å². The molecule has 0 saturated carbocycles. The van der Waals surface area contributed by atoms with E-state index in [2.05, 4.69) is 49.8 Å². The van der Waals surface area contributed by atoms with Crippen LogP contribution < -0.4 is 19.1 Å². The van der Waals surface area contributed by atoms with Crippen LogP contribution in [-0.4, -0.2) is 57.2 Å². The lowest BCUT2D eigenvalue weighted by molar-refractivity contribution is 0.0683.